The van der Waals surface area contributed by atoms with Crippen molar-refractivity contribution in [3.63, 3.8) is 0 Å². The third-order valence-electron chi connectivity index (χ3n) is 2.05. The van der Waals surface area contributed by atoms with Gasteiger partial charge < -0.3 is 0 Å². The fourth-order valence-electron chi connectivity index (χ4n) is 1.23. The summed E-state index contributed by atoms with van der Waals surface area (Å²) in [5.41, 5.74) is 14.4. The van der Waals surface area contributed by atoms with E-state index in [0.717, 1.165) is 5.56 Å². The number of hydrazine groups is 3. The van der Waals surface area contributed by atoms with E-state index in [1.165, 1.54) is 11.8 Å². The van der Waals surface area contributed by atoms with Crippen molar-refractivity contribution in [3.8, 4) is 0 Å². The molecule has 1 fully saturated rings. The predicted octanol–water partition coefficient (Wildman–Crippen LogP) is -0.729. The minimum atomic E-state index is -0.150. The van der Waals surface area contributed by atoms with Gasteiger partial charge in [0.25, 0.3) is 0 Å². The number of hydrogen-bond donors (Lipinski definition) is 5. The van der Waals surface area contributed by atoms with Gasteiger partial charge in [0.05, 0.1) is 12.0 Å². The predicted molar refractivity (Wildman–Crippen MR) is 71.0 cm³/mol. The number of carbonyl (C=O) groups is 1. The first-order valence-corrected chi connectivity index (χ1v) is 6.39. The van der Waals surface area contributed by atoms with E-state index in [2.05, 4.69) is 32.4 Å². The zero-order valence-corrected chi connectivity index (χ0v) is 10.3. The molecule has 5 N–H and O–H groups in total. The fraction of sp³-hybridized carbons (Fsp3) is 0.200. The molecule has 1 heterocycles. The molecule has 8 heteroatoms. The van der Waals surface area contributed by atoms with Gasteiger partial charge in [-0.2, -0.15) is 16.2 Å². The number of benzene rings is 1. The van der Waals surface area contributed by atoms with Gasteiger partial charge in [-0.3, -0.25) is 4.79 Å². The Labute approximate surface area is 109 Å². The number of hydrogen-bond acceptors (Lipinski definition) is 7. The Hall–Kier alpha value is -1.45. The second-order valence-corrected chi connectivity index (χ2v) is 4.53. The summed E-state index contributed by atoms with van der Waals surface area (Å²) >= 11 is 1.41. The van der Waals surface area contributed by atoms with Crippen molar-refractivity contribution < 1.29 is 4.79 Å². The number of nitrogens with zero attached hydrogens (tertiary/aromatic N) is 1. The van der Waals surface area contributed by atoms with Gasteiger partial charge in [0.15, 0.2) is 0 Å². The van der Waals surface area contributed by atoms with E-state index in [1.54, 1.807) is 6.21 Å². The number of amides is 1. The van der Waals surface area contributed by atoms with E-state index in [0.29, 0.717) is 5.75 Å². The standard InChI is InChI=1S/C10H14N6OS/c17-9(7-18-10-13-15-16-14-10)12-11-6-8-4-2-1-3-5-8/h1-6,10,13-16H,7H2,(H,12,17)/b11-6+. The lowest BCUT2D eigenvalue weighted by molar-refractivity contribution is -0.118. The summed E-state index contributed by atoms with van der Waals surface area (Å²) in [4.78, 5) is 11.4. The van der Waals surface area contributed by atoms with E-state index in [1.807, 2.05) is 30.3 Å². The van der Waals surface area contributed by atoms with Crippen molar-refractivity contribution >= 4 is 23.9 Å². The van der Waals surface area contributed by atoms with Crippen molar-refractivity contribution in [1.29, 1.82) is 0 Å². The van der Waals surface area contributed by atoms with Crippen molar-refractivity contribution in [2.75, 3.05) is 5.75 Å². The Morgan fingerprint density at radius 3 is 2.78 bits per heavy atom. The van der Waals surface area contributed by atoms with E-state index >= 15 is 0 Å². The number of carbonyl (C=O) groups excluding carboxylic acids is 1. The molecule has 7 nitrogen and oxygen atoms in total. The maximum absolute atomic E-state index is 11.4. The van der Waals surface area contributed by atoms with Gasteiger partial charge in [0.1, 0.15) is 5.50 Å². The lowest BCUT2D eigenvalue weighted by Crippen LogP contribution is -2.33. The molecule has 0 bridgehead atoms. The van der Waals surface area contributed by atoms with Crippen molar-refractivity contribution in [2.45, 2.75) is 5.50 Å². The molecule has 1 aromatic carbocycles. The first-order valence-electron chi connectivity index (χ1n) is 5.34. The normalized spacial score (nSPS) is 16.2. The van der Waals surface area contributed by atoms with Crippen LogP contribution in [-0.2, 0) is 4.79 Å². The van der Waals surface area contributed by atoms with Crippen LogP contribution in [0, 0.1) is 0 Å². The Bertz CT molecular complexity index is 406. The van der Waals surface area contributed by atoms with Gasteiger partial charge in [-0.15, -0.1) is 11.8 Å². The molecule has 1 aromatic rings. The topological polar surface area (TPSA) is 89.6 Å². The smallest absolute Gasteiger partial charge is 0.250 e. The van der Waals surface area contributed by atoms with Gasteiger partial charge in [0, 0.05) is 0 Å². The Morgan fingerprint density at radius 1 is 1.33 bits per heavy atom. The number of nitrogens with one attached hydrogen (secondary N) is 5. The first kappa shape index (κ1) is 13.0. The van der Waals surface area contributed by atoms with Crippen LogP contribution in [0.4, 0.5) is 0 Å². The van der Waals surface area contributed by atoms with Crippen LogP contribution in [0.15, 0.2) is 35.4 Å². The Kier molecular flexibility index (Phi) is 5.12. The van der Waals surface area contributed by atoms with Crippen LogP contribution in [0.3, 0.4) is 0 Å². The molecule has 1 aliphatic rings. The highest BCUT2D eigenvalue weighted by Crippen LogP contribution is 2.04. The van der Waals surface area contributed by atoms with E-state index < -0.39 is 0 Å². The average molecular weight is 266 g/mol. The molecule has 1 aliphatic heterocycles. The molecule has 0 spiro atoms. The van der Waals surface area contributed by atoms with Gasteiger partial charge in [0.2, 0.25) is 5.91 Å². The van der Waals surface area contributed by atoms with Gasteiger partial charge in [-0.05, 0) is 5.56 Å². The second-order valence-electron chi connectivity index (χ2n) is 3.43. The third-order valence-corrected chi connectivity index (χ3v) is 3.05. The molecule has 18 heavy (non-hydrogen) atoms. The molecule has 96 valence electrons. The number of thioether (sulfide) groups is 1. The lowest BCUT2D eigenvalue weighted by atomic mass is 10.2. The summed E-state index contributed by atoms with van der Waals surface area (Å²) < 4.78 is 0. The highest BCUT2D eigenvalue weighted by molar-refractivity contribution is 8.00. The summed E-state index contributed by atoms with van der Waals surface area (Å²) in [6, 6.07) is 9.57. The van der Waals surface area contributed by atoms with Crippen molar-refractivity contribution in [2.24, 2.45) is 5.10 Å². The molecule has 0 atom stereocenters. The number of hydrazone groups is 1. The molecular formula is C10H14N6OS. The maximum Gasteiger partial charge on any atom is 0.250 e. The third kappa shape index (κ3) is 4.43. The quantitative estimate of drug-likeness (QED) is 0.357. The molecule has 0 radical (unpaired) electrons. The molecule has 0 aromatic heterocycles. The fourth-order valence-corrected chi connectivity index (χ4v) is 1.90. The molecule has 2 rings (SSSR count). The molecule has 0 saturated carbocycles. The van der Waals surface area contributed by atoms with Crippen molar-refractivity contribution in [1.82, 2.24) is 27.3 Å². The highest BCUT2D eigenvalue weighted by Gasteiger charge is 2.13. The second kappa shape index (κ2) is 7.09. The maximum atomic E-state index is 11.4. The SMILES string of the molecule is O=C(CSC1NNNN1)N/N=C/c1ccccc1. The molecule has 0 aliphatic carbocycles. The zero-order valence-electron chi connectivity index (χ0n) is 9.51. The van der Waals surface area contributed by atoms with Gasteiger partial charge in [-0.1, -0.05) is 30.3 Å². The Morgan fingerprint density at radius 2 is 2.06 bits per heavy atom. The Balaban J connectivity index is 1.66. The largest absolute Gasteiger partial charge is 0.272 e. The minimum Gasteiger partial charge on any atom is -0.272 e. The van der Waals surface area contributed by atoms with Gasteiger partial charge in [-0.25, -0.2) is 16.3 Å². The molecule has 0 unspecified atom stereocenters. The van der Waals surface area contributed by atoms with Crippen LogP contribution in [0.5, 0.6) is 0 Å². The number of rotatable bonds is 5. The van der Waals surface area contributed by atoms with Crippen LogP contribution in [0.25, 0.3) is 0 Å². The van der Waals surface area contributed by atoms with Crippen LogP contribution in [0.1, 0.15) is 5.56 Å². The molecular weight excluding hydrogens is 252 g/mol. The van der Waals surface area contributed by atoms with Gasteiger partial charge >= 0.3 is 0 Å². The minimum absolute atomic E-state index is 0.0474. The zero-order chi connectivity index (χ0) is 12.6. The first-order chi connectivity index (χ1) is 8.84. The van der Waals surface area contributed by atoms with Crippen LogP contribution < -0.4 is 27.3 Å². The summed E-state index contributed by atoms with van der Waals surface area (Å²) in [5, 5.41) is 3.88. The molecule has 1 saturated heterocycles. The summed E-state index contributed by atoms with van der Waals surface area (Å²) in [5.74, 6) is 0.155. The summed E-state index contributed by atoms with van der Waals surface area (Å²) in [6.45, 7) is 0. The average Bonchev–Trinajstić information content (AvgIpc) is 2.91. The van der Waals surface area contributed by atoms with E-state index in [9.17, 15) is 4.79 Å². The monoisotopic (exact) mass is 266 g/mol. The molecule has 1 amide bonds. The van der Waals surface area contributed by atoms with Crippen LogP contribution in [0.2, 0.25) is 0 Å². The van der Waals surface area contributed by atoms with Crippen LogP contribution in [-0.4, -0.2) is 23.4 Å². The highest BCUT2D eigenvalue weighted by atomic mass is 32.2. The summed E-state index contributed by atoms with van der Waals surface area (Å²) in [6.07, 6.45) is 1.61. The van der Waals surface area contributed by atoms with E-state index in [4.69, 9.17) is 0 Å². The van der Waals surface area contributed by atoms with Crippen molar-refractivity contribution in [3.05, 3.63) is 35.9 Å². The van der Waals surface area contributed by atoms with E-state index in [-0.39, 0.29) is 11.4 Å². The lowest BCUT2D eigenvalue weighted by Gasteiger charge is -2.06. The van der Waals surface area contributed by atoms with Crippen LogP contribution >= 0.6 is 11.8 Å². The summed E-state index contributed by atoms with van der Waals surface area (Å²) in [7, 11) is 0.